The third-order valence-electron chi connectivity index (χ3n) is 2.05. The molecular weight excluding hydrogens is 208 g/mol. The van der Waals surface area contributed by atoms with E-state index >= 15 is 0 Å². The second-order valence-corrected chi connectivity index (χ2v) is 3.48. The number of nitrogens with zero attached hydrogens (tertiary/aromatic N) is 5. The molecule has 2 aromatic rings. The summed E-state index contributed by atoms with van der Waals surface area (Å²) in [6.45, 7) is 0.434. The minimum Gasteiger partial charge on any atom is -0.346 e. The summed E-state index contributed by atoms with van der Waals surface area (Å²) in [5.41, 5.74) is 1.26. The maximum atomic E-state index is 11.6. The third kappa shape index (κ3) is 2.25. The number of hydrogen-bond donors (Lipinski definition) is 1. The Morgan fingerprint density at radius 3 is 2.75 bits per heavy atom. The maximum absolute atomic E-state index is 11.6. The molecule has 0 atom stereocenters. The molecule has 0 fully saturated rings. The minimum absolute atomic E-state index is 0.239. The van der Waals surface area contributed by atoms with E-state index in [1.807, 2.05) is 13.2 Å². The van der Waals surface area contributed by atoms with Crippen LogP contribution in [0.1, 0.15) is 16.1 Å². The van der Waals surface area contributed by atoms with E-state index in [-0.39, 0.29) is 5.91 Å². The SMILES string of the molecule is Cn1cc(CNC(=O)c2cn(C)nn2)cn1. The lowest BCUT2D eigenvalue weighted by atomic mass is 10.3. The van der Waals surface area contributed by atoms with Gasteiger partial charge < -0.3 is 5.32 Å². The topological polar surface area (TPSA) is 77.6 Å². The Hall–Kier alpha value is -2.18. The highest BCUT2D eigenvalue weighted by molar-refractivity contribution is 5.91. The molecule has 0 aliphatic heterocycles. The summed E-state index contributed by atoms with van der Waals surface area (Å²) in [5, 5.41) is 14.1. The van der Waals surface area contributed by atoms with Crippen LogP contribution in [-0.4, -0.2) is 30.7 Å². The molecule has 0 aliphatic rings. The average Bonchev–Trinajstić information content (AvgIpc) is 2.84. The molecule has 0 saturated carbocycles. The van der Waals surface area contributed by atoms with Crippen molar-refractivity contribution < 1.29 is 4.79 Å². The predicted octanol–water partition coefficient (Wildman–Crippen LogP) is -0.521. The highest BCUT2D eigenvalue weighted by Gasteiger charge is 2.09. The molecule has 7 nitrogen and oxygen atoms in total. The van der Waals surface area contributed by atoms with Crippen LogP contribution in [0.2, 0.25) is 0 Å². The van der Waals surface area contributed by atoms with Crippen LogP contribution in [0.5, 0.6) is 0 Å². The first-order valence-electron chi connectivity index (χ1n) is 4.77. The van der Waals surface area contributed by atoms with Gasteiger partial charge in [0.2, 0.25) is 0 Å². The van der Waals surface area contributed by atoms with Crippen molar-refractivity contribution in [1.29, 1.82) is 0 Å². The number of aromatic nitrogens is 5. The molecule has 0 radical (unpaired) electrons. The van der Waals surface area contributed by atoms with Crippen molar-refractivity contribution in [2.24, 2.45) is 14.1 Å². The fraction of sp³-hybridized carbons (Fsp3) is 0.333. The van der Waals surface area contributed by atoms with Crippen molar-refractivity contribution in [3.63, 3.8) is 0 Å². The molecule has 2 heterocycles. The highest BCUT2D eigenvalue weighted by Crippen LogP contribution is 1.97. The molecule has 84 valence electrons. The molecule has 1 N–H and O–H groups in total. The number of hydrogen-bond acceptors (Lipinski definition) is 4. The Morgan fingerprint density at radius 2 is 2.19 bits per heavy atom. The zero-order valence-corrected chi connectivity index (χ0v) is 9.08. The molecule has 0 unspecified atom stereocenters. The van der Waals surface area contributed by atoms with Gasteiger partial charge in [-0.2, -0.15) is 5.10 Å². The van der Waals surface area contributed by atoms with Crippen molar-refractivity contribution in [3.8, 4) is 0 Å². The van der Waals surface area contributed by atoms with Crippen molar-refractivity contribution in [2.75, 3.05) is 0 Å². The predicted molar refractivity (Wildman–Crippen MR) is 55.4 cm³/mol. The van der Waals surface area contributed by atoms with Gasteiger partial charge in [0.25, 0.3) is 5.91 Å². The molecule has 0 spiro atoms. The van der Waals surface area contributed by atoms with E-state index in [2.05, 4.69) is 20.7 Å². The summed E-state index contributed by atoms with van der Waals surface area (Å²) in [5.74, 6) is -0.239. The summed E-state index contributed by atoms with van der Waals surface area (Å²) in [6, 6.07) is 0. The Balaban J connectivity index is 1.93. The van der Waals surface area contributed by atoms with E-state index in [0.29, 0.717) is 12.2 Å². The summed E-state index contributed by atoms with van der Waals surface area (Å²) in [7, 11) is 3.54. The Kier molecular flexibility index (Phi) is 2.67. The number of nitrogens with one attached hydrogen (secondary N) is 1. The first-order chi connectivity index (χ1) is 7.65. The van der Waals surface area contributed by atoms with E-state index in [1.54, 1.807) is 24.1 Å². The molecular formula is C9H12N6O. The van der Waals surface area contributed by atoms with Gasteiger partial charge in [0.15, 0.2) is 5.69 Å². The monoisotopic (exact) mass is 220 g/mol. The van der Waals surface area contributed by atoms with Crippen LogP contribution < -0.4 is 5.32 Å². The van der Waals surface area contributed by atoms with Crippen LogP contribution in [0.4, 0.5) is 0 Å². The van der Waals surface area contributed by atoms with Crippen LogP contribution in [0.15, 0.2) is 18.6 Å². The largest absolute Gasteiger partial charge is 0.346 e. The normalized spacial score (nSPS) is 10.4. The quantitative estimate of drug-likeness (QED) is 0.755. The van der Waals surface area contributed by atoms with Crippen LogP contribution in [0.3, 0.4) is 0 Å². The van der Waals surface area contributed by atoms with Gasteiger partial charge in [-0.05, 0) is 0 Å². The first-order valence-corrected chi connectivity index (χ1v) is 4.77. The number of rotatable bonds is 3. The number of carbonyl (C=O) groups excluding carboxylic acids is 1. The molecule has 2 aromatic heterocycles. The van der Waals surface area contributed by atoms with Gasteiger partial charge in [-0.3, -0.25) is 14.2 Å². The smallest absolute Gasteiger partial charge is 0.273 e. The van der Waals surface area contributed by atoms with Gasteiger partial charge in [-0.15, -0.1) is 5.10 Å². The molecule has 0 bridgehead atoms. The van der Waals surface area contributed by atoms with Gasteiger partial charge in [0.05, 0.1) is 12.4 Å². The van der Waals surface area contributed by atoms with E-state index in [4.69, 9.17) is 0 Å². The summed E-state index contributed by atoms with van der Waals surface area (Å²) in [6.07, 6.45) is 5.12. The number of amides is 1. The molecule has 1 amide bonds. The van der Waals surface area contributed by atoms with Gasteiger partial charge in [0, 0.05) is 32.4 Å². The van der Waals surface area contributed by atoms with Crippen LogP contribution in [-0.2, 0) is 20.6 Å². The van der Waals surface area contributed by atoms with Crippen molar-refractivity contribution >= 4 is 5.91 Å². The molecule has 0 aromatic carbocycles. The number of carbonyl (C=O) groups is 1. The Bertz CT molecular complexity index is 500. The Morgan fingerprint density at radius 1 is 1.38 bits per heavy atom. The maximum Gasteiger partial charge on any atom is 0.273 e. The van der Waals surface area contributed by atoms with E-state index in [9.17, 15) is 4.79 Å². The molecule has 7 heteroatoms. The number of aryl methyl sites for hydroxylation is 2. The fourth-order valence-electron chi connectivity index (χ4n) is 1.29. The third-order valence-corrected chi connectivity index (χ3v) is 2.05. The van der Waals surface area contributed by atoms with E-state index in [1.165, 1.54) is 4.68 Å². The van der Waals surface area contributed by atoms with Crippen LogP contribution >= 0.6 is 0 Å². The second-order valence-electron chi connectivity index (χ2n) is 3.48. The molecule has 16 heavy (non-hydrogen) atoms. The zero-order chi connectivity index (χ0) is 11.5. The van der Waals surface area contributed by atoms with Crippen molar-refractivity contribution in [2.45, 2.75) is 6.54 Å². The van der Waals surface area contributed by atoms with Crippen LogP contribution in [0, 0.1) is 0 Å². The zero-order valence-electron chi connectivity index (χ0n) is 9.08. The molecule has 0 saturated heterocycles. The van der Waals surface area contributed by atoms with Gasteiger partial charge >= 0.3 is 0 Å². The fourth-order valence-corrected chi connectivity index (χ4v) is 1.29. The summed E-state index contributed by atoms with van der Waals surface area (Å²) < 4.78 is 3.17. The molecule has 0 aliphatic carbocycles. The Labute approximate surface area is 92.1 Å². The summed E-state index contributed by atoms with van der Waals surface area (Å²) >= 11 is 0. The minimum atomic E-state index is -0.239. The highest BCUT2D eigenvalue weighted by atomic mass is 16.2. The van der Waals surface area contributed by atoms with E-state index in [0.717, 1.165) is 5.56 Å². The van der Waals surface area contributed by atoms with Crippen LogP contribution in [0.25, 0.3) is 0 Å². The van der Waals surface area contributed by atoms with Gasteiger partial charge in [-0.1, -0.05) is 5.21 Å². The van der Waals surface area contributed by atoms with Gasteiger partial charge in [-0.25, -0.2) is 0 Å². The van der Waals surface area contributed by atoms with E-state index < -0.39 is 0 Å². The summed E-state index contributed by atoms with van der Waals surface area (Å²) in [4.78, 5) is 11.6. The second kappa shape index (κ2) is 4.13. The standard InChI is InChI=1S/C9H12N6O/c1-14-5-7(4-11-14)3-10-9(16)8-6-15(2)13-12-8/h4-6H,3H2,1-2H3,(H,10,16). The first kappa shape index (κ1) is 10.3. The molecule has 2 rings (SSSR count). The lowest BCUT2D eigenvalue weighted by molar-refractivity contribution is 0.0946. The van der Waals surface area contributed by atoms with Gasteiger partial charge in [0.1, 0.15) is 0 Å². The van der Waals surface area contributed by atoms with Crippen molar-refractivity contribution in [3.05, 3.63) is 29.8 Å². The average molecular weight is 220 g/mol. The lowest BCUT2D eigenvalue weighted by Crippen LogP contribution is -2.22. The lowest BCUT2D eigenvalue weighted by Gasteiger charge is -1.99. The van der Waals surface area contributed by atoms with Crippen molar-refractivity contribution in [1.82, 2.24) is 30.1 Å².